The zero-order valence-corrected chi connectivity index (χ0v) is 24.4. The maximum atomic E-state index is 14.1. The van der Waals surface area contributed by atoms with Gasteiger partial charge in [0.1, 0.15) is 12.6 Å². The Morgan fingerprint density at radius 2 is 1.48 bits per heavy atom. The van der Waals surface area contributed by atoms with E-state index in [-0.39, 0.29) is 29.1 Å². The zero-order chi connectivity index (χ0) is 29.3. The summed E-state index contributed by atoms with van der Waals surface area (Å²) >= 11 is 0. The average Bonchev–Trinajstić information content (AvgIpc) is 2.95. The topological polar surface area (TPSA) is 105 Å². The molecule has 0 fully saturated rings. The number of sulfonamides is 1. The van der Waals surface area contributed by atoms with Crippen molar-refractivity contribution in [3.8, 4) is 11.5 Å². The molecule has 1 unspecified atom stereocenters. The van der Waals surface area contributed by atoms with E-state index in [0.717, 1.165) is 9.87 Å². The van der Waals surface area contributed by atoms with Gasteiger partial charge in [0.25, 0.3) is 10.0 Å². The number of hydrogen-bond donors (Lipinski definition) is 1. The van der Waals surface area contributed by atoms with E-state index < -0.39 is 28.5 Å². The van der Waals surface area contributed by atoms with Crippen molar-refractivity contribution in [2.45, 2.75) is 50.7 Å². The molecule has 0 saturated heterocycles. The van der Waals surface area contributed by atoms with Crippen molar-refractivity contribution < 1.29 is 27.5 Å². The number of carbonyl (C=O) groups is 2. The van der Waals surface area contributed by atoms with Gasteiger partial charge in [0, 0.05) is 18.7 Å². The molecule has 0 aliphatic rings. The van der Waals surface area contributed by atoms with Crippen LogP contribution in [0.2, 0.25) is 0 Å². The third kappa shape index (κ3) is 7.32. The quantitative estimate of drug-likeness (QED) is 0.332. The van der Waals surface area contributed by atoms with Crippen molar-refractivity contribution in [1.29, 1.82) is 0 Å². The fourth-order valence-corrected chi connectivity index (χ4v) is 5.74. The second-order valence-electron chi connectivity index (χ2n) is 9.46. The first-order valence-electron chi connectivity index (χ1n) is 13.1. The largest absolute Gasteiger partial charge is 0.493 e. The van der Waals surface area contributed by atoms with Crippen molar-refractivity contribution in [3.05, 3.63) is 84.4 Å². The smallest absolute Gasteiger partial charge is 0.264 e. The van der Waals surface area contributed by atoms with Crippen molar-refractivity contribution >= 4 is 27.5 Å². The van der Waals surface area contributed by atoms with Gasteiger partial charge in [0.2, 0.25) is 11.8 Å². The minimum atomic E-state index is -4.18. The number of methoxy groups -OCH3 is 2. The molecule has 3 aromatic carbocycles. The second-order valence-corrected chi connectivity index (χ2v) is 11.3. The van der Waals surface area contributed by atoms with Crippen molar-refractivity contribution in [3.63, 3.8) is 0 Å². The Kier molecular flexibility index (Phi) is 10.6. The summed E-state index contributed by atoms with van der Waals surface area (Å²) in [6, 6.07) is 20.9. The van der Waals surface area contributed by atoms with Crippen LogP contribution in [0.3, 0.4) is 0 Å². The molecule has 0 spiro atoms. The number of amides is 2. The minimum Gasteiger partial charge on any atom is -0.493 e. The zero-order valence-electron chi connectivity index (χ0n) is 23.5. The predicted molar refractivity (Wildman–Crippen MR) is 155 cm³/mol. The van der Waals surface area contributed by atoms with E-state index in [4.69, 9.17) is 9.47 Å². The number of anilines is 1. The van der Waals surface area contributed by atoms with E-state index in [2.05, 4.69) is 5.32 Å². The number of hydrogen-bond acceptors (Lipinski definition) is 6. The number of carbonyl (C=O) groups excluding carboxylic acids is 2. The van der Waals surface area contributed by atoms with Crippen LogP contribution in [-0.4, -0.2) is 58.0 Å². The molecule has 0 aliphatic heterocycles. The Bertz CT molecular complexity index is 1380. The van der Waals surface area contributed by atoms with E-state index in [0.29, 0.717) is 17.9 Å². The molecular weight excluding hydrogens is 530 g/mol. The van der Waals surface area contributed by atoms with Crippen LogP contribution in [0.15, 0.2) is 83.8 Å². The monoisotopic (exact) mass is 567 g/mol. The van der Waals surface area contributed by atoms with Gasteiger partial charge in [-0.25, -0.2) is 8.42 Å². The van der Waals surface area contributed by atoms with Gasteiger partial charge in [-0.2, -0.15) is 0 Å². The fourth-order valence-electron chi connectivity index (χ4n) is 4.31. The normalized spacial score (nSPS) is 11.9. The van der Waals surface area contributed by atoms with Gasteiger partial charge >= 0.3 is 0 Å². The van der Waals surface area contributed by atoms with Crippen LogP contribution in [0.1, 0.15) is 32.8 Å². The highest BCUT2D eigenvalue weighted by atomic mass is 32.2. The van der Waals surface area contributed by atoms with Gasteiger partial charge in [-0.05, 0) is 50.1 Å². The van der Waals surface area contributed by atoms with Crippen molar-refractivity contribution in [1.82, 2.24) is 10.2 Å². The lowest BCUT2D eigenvalue weighted by Gasteiger charge is -2.33. The standard InChI is InChI=1S/C30H37N3O6S/c1-6-26(30(35)31-22(2)3)32(20-23-13-9-7-10-14-23)29(34)21-33(40(36,37)25-15-11-8-12-16-25)24-17-18-27(38-4)28(19-24)39-5/h7-19,22,26H,6,20-21H2,1-5H3,(H,31,35). The number of nitrogens with one attached hydrogen (secondary N) is 1. The Morgan fingerprint density at radius 1 is 0.875 bits per heavy atom. The summed E-state index contributed by atoms with van der Waals surface area (Å²) in [4.78, 5) is 28.7. The lowest BCUT2D eigenvalue weighted by atomic mass is 10.1. The Morgan fingerprint density at radius 3 is 2.02 bits per heavy atom. The van der Waals surface area contributed by atoms with E-state index in [1.54, 1.807) is 30.3 Å². The molecule has 2 amide bonds. The van der Waals surface area contributed by atoms with E-state index in [1.165, 1.54) is 37.3 Å². The van der Waals surface area contributed by atoms with Crippen molar-refractivity contribution in [2.75, 3.05) is 25.1 Å². The summed E-state index contributed by atoms with van der Waals surface area (Å²) in [5, 5.41) is 2.89. The highest BCUT2D eigenvalue weighted by Crippen LogP contribution is 2.34. The maximum absolute atomic E-state index is 14.1. The molecule has 214 valence electrons. The Balaban J connectivity index is 2.09. The molecule has 0 heterocycles. The van der Waals surface area contributed by atoms with Crippen LogP contribution in [0.4, 0.5) is 5.69 Å². The number of ether oxygens (including phenoxy) is 2. The molecule has 0 radical (unpaired) electrons. The van der Waals surface area contributed by atoms with E-state index >= 15 is 0 Å². The van der Waals surface area contributed by atoms with Crippen LogP contribution in [0.25, 0.3) is 0 Å². The molecule has 40 heavy (non-hydrogen) atoms. The SMILES string of the molecule is CCC(C(=O)NC(C)C)N(Cc1ccccc1)C(=O)CN(c1ccc(OC)c(OC)c1)S(=O)(=O)c1ccccc1. The molecule has 3 rings (SSSR count). The van der Waals surface area contributed by atoms with E-state index in [9.17, 15) is 18.0 Å². The molecule has 0 saturated carbocycles. The number of benzene rings is 3. The van der Waals surface area contributed by atoms with Crippen LogP contribution in [-0.2, 0) is 26.2 Å². The van der Waals surface area contributed by atoms with Crippen LogP contribution in [0.5, 0.6) is 11.5 Å². The van der Waals surface area contributed by atoms with Gasteiger partial charge in [-0.3, -0.25) is 13.9 Å². The average molecular weight is 568 g/mol. The molecule has 10 heteroatoms. The first-order valence-corrected chi connectivity index (χ1v) is 14.5. The first-order chi connectivity index (χ1) is 19.1. The summed E-state index contributed by atoms with van der Waals surface area (Å²) in [6.45, 7) is 5.11. The lowest BCUT2D eigenvalue weighted by molar-refractivity contribution is -0.140. The summed E-state index contributed by atoms with van der Waals surface area (Å²) < 4.78 is 39.6. The van der Waals surface area contributed by atoms with Crippen LogP contribution >= 0.6 is 0 Å². The highest BCUT2D eigenvalue weighted by Gasteiger charge is 2.34. The van der Waals surface area contributed by atoms with Gasteiger partial charge < -0.3 is 19.7 Å². The summed E-state index contributed by atoms with van der Waals surface area (Å²) in [6.07, 6.45) is 0.346. The molecule has 1 N–H and O–H groups in total. The summed E-state index contributed by atoms with van der Waals surface area (Å²) in [7, 11) is -1.25. The fraction of sp³-hybridized carbons (Fsp3) is 0.333. The molecule has 9 nitrogen and oxygen atoms in total. The predicted octanol–water partition coefficient (Wildman–Crippen LogP) is 4.23. The first kappa shape index (κ1) is 30.5. The Labute approximate surface area is 236 Å². The number of nitrogens with zero attached hydrogens (tertiary/aromatic N) is 2. The van der Waals surface area contributed by atoms with Gasteiger partial charge in [0.05, 0.1) is 24.8 Å². The lowest BCUT2D eigenvalue weighted by Crippen LogP contribution is -2.53. The summed E-state index contributed by atoms with van der Waals surface area (Å²) in [5.74, 6) is -0.101. The third-order valence-electron chi connectivity index (χ3n) is 6.28. The third-order valence-corrected chi connectivity index (χ3v) is 8.07. The number of rotatable bonds is 13. The van der Waals surface area contributed by atoms with Crippen molar-refractivity contribution in [2.24, 2.45) is 0 Å². The molecule has 0 aromatic heterocycles. The molecule has 3 aromatic rings. The van der Waals surface area contributed by atoms with E-state index in [1.807, 2.05) is 51.1 Å². The molecule has 0 bridgehead atoms. The van der Waals surface area contributed by atoms with Gasteiger partial charge in [0.15, 0.2) is 11.5 Å². The Hall–Kier alpha value is -4.05. The summed E-state index contributed by atoms with van der Waals surface area (Å²) in [5.41, 5.74) is 1.03. The van der Waals surface area contributed by atoms with Gasteiger partial charge in [-0.15, -0.1) is 0 Å². The molecular formula is C30H37N3O6S. The maximum Gasteiger partial charge on any atom is 0.264 e. The highest BCUT2D eigenvalue weighted by molar-refractivity contribution is 7.92. The van der Waals surface area contributed by atoms with Crippen LogP contribution in [0, 0.1) is 0 Å². The van der Waals surface area contributed by atoms with Gasteiger partial charge in [-0.1, -0.05) is 55.5 Å². The minimum absolute atomic E-state index is 0.0248. The molecule has 1 atom stereocenters. The molecule has 0 aliphatic carbocycles. The van der Waals surface area contributed by atoms with Crippen LogP contribution < -0.4 is 19.1 Å². The second kappa shape index (κ2) is 13.8.